The Morgan fingerprint density at radius 3 is 2.35 bits per heavy atom. The molecule has 3 aromatic rings. The van der Waals surface area contributed by atoms with Gasteiger partial charge in [-0.25, -0.2) is 18.7 Å². The van der Waals surface area contributed by atoms with Crippen LogP contribution in [0.15, 0.2) is 54.7 Å². The van der Waals surface area contributed by atoms with Crippen molar-refractivity contribution in [2.75, 3.05) is 6.54 Å². The number of nitrogens with one attached hydrogen (secondary N) is 1. The predicted molar refractivity (Wildman–Crippen MR) is 113 cm³/mol. The molecule has 160 valence electrons. The summed E-state index contributed by atoms with van der Waals surface area (Å²) in [5.74, 6) is -0.112. The van der Waals surface area contributed by atoms with Gasteiger partial charge in [0.25, 0.3) is 5.91 Å². The smallest absolute Gasteiger partial charge is 0.254 e. The highest BCUT2D eigenvalue weighted by Crippen LogP contribution is 2.31. The number of carbonyl (C=O) groups excluding carboxylic acids is 1. The van der Waals surface area contributed by atoms with Gasteiger partial charge in [-0.1, -0.05) is 24.3 Å². The van der Waals surface area contributed by atoms with Gasteiger partial charge in [-0.15, -0.1) is 0 Å². The second kappa shape index (κ2) is 9.31. The Balaban J connectivity index is 1.42. The van der Waals surface area contributed by atoms with E-state index in [-0.39, 0.29) is 23.6 Å². The first-order valence-corrected chi connectivity index (χ1v) is 10.3. The number of benzene rings is 2. The van der Waals surface area contributed by atoms with Gasteiger partial charge < -0.3 is 5.32 Å². The lowest BCUT2D eigenvalue weighted by molar-refractivity contribution is 0.0949. The van der Waals surface area contributed by atoms with Crippen molar-refractivity contribution in [1.82, 2.24) is 20.2 Å². The van der Waals surface area contributed by atoms with Crippen molar-refractivity contribution in [3.63, 3.8) is 0 Å². The minimum absolute atomic E-state index is 0.0695. The van der Waals surface area contributed by atoms with Crippen molar-refractivity contribution in [3.05, 3.63) is 94.6 Å². The SMILES string of the molecule is Cc1nc(C2CCCN2Cc2ccc(F)cc2)ncc1C(=O)NCc1ccc(F)cc1. The summed E-state index contributed by atoms with van der Waals surface area (Å²) in [6.07, 6.45) is 3.55. The number of aromatic nitrogens is 2. The molecule has 1 aliphatic heterocycles. The summed E-state index contributed by atoms with van der Waals surface area (Å²) in [6, 6.07) is 12.6. The monoisotopic (exact) mass is 422 g/mol. The van der Waals surface area contributed by atoms with E-state index in [1.165, 1.54) is 24.3 Å². The quantitative estimate of drug-likeness (QED) is 0.642. The lowest BCUT2D eigenvalue weighted by Crippen LogP contribution is -2.27. The Hall–Kier alpha value is -3.19. The zero-order chi connectivity index (χ0) is 21.8. The Morgan fingerprint density at radius 1 is 1.06 bits per heavy atom. The van der Waals surface area contributed by atoms with E-state index in [2.05, 4.69) is 20.2 Å². The predicted octanol–water partition coefficient (Wildman–Crippen LogP) is 4.33. The maximum Gasteiger partial charge on any atom is 0.254 e. The number of hydrogen-bond acceptors (Lipinski definition) is 4. The van der Waals surface area contributed by atoms with Crippen LogP contribution in [-0.2, 0) is 13.1 Å². The molecule has 1 fully saturated rings. The summed E-state index contributed by atoms with van der Waals surface area (Å²) in [4.78, 5) is 24.0. The van der Waals surface area contributed by atoms with Crippen LogP contribution in [-0.4, -0.2) is 27.3 Å². The fourth-order valence-electron chi connectivity index (χ4n) is 3.88. The van der Waals surface area contributed by atoms with E-state index < -0.39 is 0 Å². The molecule has 4 rings (SSSR count). The molecular formula is C24H24F2N4O. The third kappa shape index (κ3) is 5.11. The van der Waals surface area contributed by atoms with E-state index in [9.17, 15) is 13.6 Å². The molecule has 0 saturated carbocycles. The first-order valence-electron chi connectivity index (χ1n) is 10.3. The molecule has 0 radical (unpaired) electrons. The van der Waals surface area contributed by atoms with Crippen molar-refractivity contribution in [3.8, 4) is 0 Å². The first-order chi connectivity index (χ1) is 15.0. The lowest BCUT2D eigenvalue weighted by atomic mass is 10.1. The fraction of sp³-hybridized carbons (Fsp3) is 0.292. The standard InChI is InChI=1S/C24H24F2N4O/c1-16-21(24(31)28-13-17-4-8-19(25)9-5-17)14-27-23(29-16)22-3-2-12-30(22)15-18-6-10-20(26)11-7-18/h4-11,14,22H,2-3,12-13,15H2,1H3,(H,28,31). The minimum atomic E-state index is -0.310. The zero-order valence-electron chi connectivity index (χ0n) is 17.3. The van der Waals surface area contributed by atoms with Crippen LogP contribution in [0.25, 0.3) is 0 Å². The minimum Gasteiger partial charge on any atom is -0.348 e. The van der Waals surface area contributed by atoms with Gasteiger partial charge in [0.15, 0.2) is 0 Å². The van der Waals surface area contributed by atoms with Gasteiger partial charge in [0, 0.05) is 19.3 Å². The molecule has 0 aliphatic carbocycles. The molecule has 1 aliphatic rings. The number of likely N-dealkylation sites (tertiary alicyclic amines) is 1. The highest BCUT2D eigenvalue weighted by molar-refractivity contribution is 5.94. The van der Waals surface area contributed by atoms with Gasteiger partial charge in [-0.3, -0.25) is 9.69 Å². The largest absolute Gasteiger partial charge is 0.348 e. The summed E-state index contributed by atoms with van der Waals surface area (Å²) >= 11 is 0. The van der Waals surface area contributed by atoms with Crippen LogP contribution in [0.1, 0.15) is 51.9 Å². The van der Waals surface area contributed by atoms with Gasteiger partial charge in [-0.2, -0.15) is 0 Å². The Bertz CT molecular complexity index is 1050. The van der Waals surface area contributed by atoms with Gasteiger partial charge in [0.05, 0.1) is 17.3 Å². The van der Waals surface area contributed by atoms with Crippen LogP contribution in [0.4, 0.5) is 8.78 Å². The maximum atomic E-state index is 13.2. The van der Waals surface area contributed by atoms with E-state index in [1.54, 1.807) is 37.4 Å². The zero-order valence-corrected chi connectivity index (χ0v) is 17.3. The topological polar surface area (TPSA) is 58.1 Å². The molecule has 1 amide bonds. The maximum absolute atomic E-state index is 13.2. The molecule has 1 aromatic heterocycles. The van der Waals surface area contributed by atoms with Crippen LogP contribution >= 0.6 is 0 Å². The number of amides is 1. The molecule has 7 heteroatoms. The highest BCUT2D eigenvalue weighted by Gasteiger charge is 2.29. The second-order valence-electron chi connectivity index (χ2n) is 7.79. The van der Waals surface area contributed by atoms with Gasteiger partial charge in [0.1, 0.15) is 17.5 Å². The molecule has 31 heavy (non-hydrogen) atoms. The molecule has 2 aromatic carbocycles. The van der Waals surface area contributed by atoms with Crippen LogP contribution in [0.3, 0.4) is 0 Å². The molecule has 0 spiro atoms. The van der Waals surface area contributed by atoms with Gasteiger partial charge >= 0.3 is 0 Å². The number of nitrogens with zero attached hydrogens (tertiary/aromatic N) is 3. The summed E-state index contributed by atoms with van der Waals surface area (Å²) in [7, 11) is 0. The highest BCUT2D eigenvalue weighted by atomic mass is 19.1. The molecule has 2 heterocycles. The second-order valence-corrected chi connectivity index (χ2v) is 7.79. The van der Waals surface area contributed by atoms with E-state index in [1.807, 2.05) is 0 Å². The van der Waals surface area contributed by atoms with Crippen LogP contribution in [0.2, 0.25) is 0 Å². The summed E-state index contributed by atoms with van der Waals surface area (Å²) in [6.45, 7) is 3.73. The van der Waals surface area contributed by atoms with Gasteiger partial charge in [0.2, 0.25) is 0 Å². The molecule has 1 N–H and O–H groups in total. The van der Waals surface area contributed by atoms with Crippen molar-refractivity contribution in [2.45, 2.75) is 38.9 Å². The van der Waals surface area contributed by atoms with E-state index in [0.717, 1.165) is 30.5 Å². The normalized spacial score (nSPS) is 16.4. The average Bonchev–Trinajstić information content (AvgIpc) is 3.23. The van der Waals surface area contributed by atoms with Crippen molar-refractivity contribution in [2.24, 2.45) is 0 Å². The van der Waals surface area contributed by atoms with Crippen molar-refractivity contribution in [1.29, 1.82) is 0 Å². The summed E-state index contributed by atoms with van der Waals surface area (Å²) in [5, 5.41) is 2.83. The molecule has 0 bridgehead atoms. The molecule has 1 atom stereocenters. The first kappa shape index (κ1) is 21.1. The number of aryl methyl sites for hydroxylation is 1. The lowest BCUT2D eigenvalue weighted by Gasteiger charge is -2.23. The van der Waals surface area contributed by atoms with E-state index >= 15 is 0 Å². The average molecular weight is 422 g/mol. The van der Waals surface area contributed by atoms with E-state index in [0.29, 0.717) is 30.2 Å². The Morgan fingerprint density at radius 2 is 1.71 bits per heavy atom. The Labute approximate surface area is 180 Å². The third-order valence-electron chi connectivity index (χ3n) is 5.57. The summed E-state index contributed by atoms with van der Waals surface area (Å²) in [5.41, 5.74) is 2.90. The third-order valence-corrected chi connectivity index (χ3v) is 5.57. The van der Waals surface area contributed by atoms with Crippen LogP contribution < -0.4 is 5.32 Å². The van der Waals surface area contributed by atoms with Crippen molar-refractivity contribution < 1.29 is 13.6 Å². The van der Waals surface area contributed by atoms with Gasteiger partial charge in [-0.05, 0) is 61.7 Å². The number of rotatable bonds is 6. The van der Waals surface area contributed by atoms with Crippen LogP contribution in [0, 0.1) is 18.6 Å². The number of hydrogen-bond donors (Lipinski definition) is 1. The van der Waals surface area contributed by atoms with Crippen LogP contribution in [0.5, 0.6) is 0 Å². The molecule has 1 unspecified atom stereocenters. The molecular weight excluding hydrogens is 398 g/mol. The van der Waals surface area contributed by atoms with Crippen molar-refractivity contribution >= 4 is 5.91 Å². The molecule has 5 nitrogen and oxygen atoms in total. The Kier molecular flexibility index (Phi) is 6.32. The molecule has 1 saturated heterocycles. The summed E-state index contributed by atoms with van der Waals surface area (Å²) < 4.78 is 26.2. The fourth-order valence-corrected chi connectivity index (χ4v) is 3.88. The number of carbonyl (C=O) groups is 1. The van der Waals surface area contributed by atoms with E-state index in [4.69, 9.17) is 0 Å². The number of halogens is 2.